The van der Waals surface area contributed by atoms with E-state index in [1.807, 2.05) is 4.72 Å². The van der Waals surface area contributed by atoms with Gasteiger partial charge in [-0.15, -0.1) is 0 Å². The SMILES string of the molecule is CNc1cc(S(=O)(=O)Nc2c(F)cccc2F)ccn1. The Morgan fingerprint density at radius 1 is 1.15 bits per heavy atom. The number of aromatic nitrogens is 1. The van der Waals surface area contributed by atoms with Crippen LogP contribution < -0.4 is 10.0 Å². The fourth-order valence-electron chi connectivity index (χ4n) is 1.50. The zero-order valence-electron chi connectivity index (χ0n) is 10.4. The van der Waals surface area contributed by atoms with Crippen molar-refractivity contribution in [3.63, 3.8) is 0 Å². The topological polar surface area (TPSA) is 71.1 Å². The second-order valence-electron chi connectivity index (χ2n) is 3.83. The first kappa shape index (κ1) is 14.2. The zero-order chi connectivity index (χ0) is 14.8. The molecule has 2 rings (SSSR count). The fourth-order valence-corrected chi connectivity index (χ4v) is 2.59. The molecule has 0 saturated carbocycles. The molecule has 0 spiro atoms. The molecular weight excluding hydrogens is 288 g/mol. The summed E-state index contributed by atoms with van der Waals surface area (Å²) in [6, 6.07) is 5.55. The lowest BCUT2D eigenvalue weighted by Gasteiger charge is -2.10. The van der Waals surface area contributed by atoms with E-state index in [9.17, 15) is 17.2 Å². The van der Waals surface area contributed by atoms with Crippen LogP contribution >= 0.6 is 0 Å². The number of anilines is 2. The number of nitrogens with zero attached hydrogens (tertiary/aromatic N) is 1. The lowest BCUT2D eigenvalue weighted by atomic mass is 10.3. The Hall–Kier alpha value is -2.22. The van der Waals surface area contributed by atoms with Gasteiger partial charge < -0.3 is 5.32 Å². The number of rotatable bonds is 4. The molecule has 20 heavy (non-hydrogen) atoms. The molecule has 1 aromatic carbocycles. The van der Waals surface area contributed by atoms with E-state index >= 15 is 0 Å². The summed E-state index contributed by atoms with van der Waals surface area (Å²) >= 11 is 0. The van der Waals surface area contributed by atoms with Gasteiger partial charge in [0.05, 0.1) is 4.90 Å². The number of para-hydroxylation sites is 1. The molecule has 0 aliphatic heterocycles. The first-order valence-electron chi connectivity index (χ1n) is 5.54. The van der Waals surface area contributed by atoms with Gasteiger partial charge in [0, 0.05) is 19.3 Å². The lowest BCUT2D eigenvalue weighted by molar-refractivity contribution is 0.583. The van der Waals surface area contributed by atoms with Gasteiger partial charge in [-0.1, -0.05) is 6.07 Å². The molecule has 0 fully saturated rings. The molecule has 0 atom stereocenters. The Kier molecular flexibility index (Phi) is 3.84. The summed E-state index contributed by atoms with van der Waals surface area (Å²) in [6.07, 6.45) is 1.28. The van der Waals surface area contributed by atoms with Crippen molar-refractivity contribution in [1.82, 2.24) is 4.98 Å². The number of benzene rings is 1. The molecule has 8 heteroatoms. The fraction of sp³-hybridized carbons (Fsp3) is 0.0833. The van der Waals surface area contributed by atoms with Crippen LogP contribution in [0.15, 0.2) is 41.4 Å². The summed E-state index contributed by atoms with van der Waals surface area (Å²) in [5, 5.41) is 2.67. The van der Waals surface area contributed by atoms with Crippen LogP contribution in [0.4, 0.5) is 20.3 Å². The Morgan fingerprint density at radius 3 is 2.40 bits per heavy atom. The van der Waals surface area contributed by atoms with Crippen molar-refractivity contribution in [2.45, 2.75) is 4.90 Å². The summed E-state index contributed by atoms with van der Waals surface area (Å²) in [4.78, 5) is 3.71. The summed E-state index contributed by atoms with van der Waals surface area (Å²) in [7, 11) is -2.53. The third kappa shape index (κ3) is 2.85. The molecule has 2 N–H and O–H groups in total. The van der Waals surface area contributed by atoms with Gasteiger partial charge >= 0.3 is 0 Å². The van der Waals surface area contributed by atoms with Crippen molar-refractivity contribution < 1.29 is 17.2 Å². The van der Waals surface area contributed by atoms with Gasteiger partial charge in [-0.2, -0.15) is 0 Å². The Morgan fingerprint density at radius 2 is 1.80 bits per heavy atom. The van der Waals surface area contributed by atoms with E-state index < -0.39 is 27.3 Å². The van der Waals surface area contributed by atoms with Crippen molar-refractivity contribution >= 4 is 21.5 Å². The van der Waals surface area contributed by atoms with E-state index in [-0.39, 0.29) is 4.90 Å². The van der Waals surface area contributed by atoms with E-state index in [2.05, 4.69) is 10.3 Å². The van der Waals surface area contributed by atoms with Crippen LogP contribution in [0.5, 0.6) is 0 Å². The molecule has 106 valence electrons. The highest BCUT2D eigenvalue weighted by Gasteiger charge is 2.19. The maximum Gasteiger partial charge on any atom is 0.262 e. The van der Waals surface area contributed by atoms with Crippen LogP contribution in [0.25, 0.3) is 0 Å². The van der Waals surface area contributed by atoms with Gasteiger partial charge in [-0.05, 0) is 18.2 Å². The standard InChI is InChI=1S/C12H11F2N3O2S/c1-15-11-7-8(5-6-16-11)20(18,19)17-12-9(13)3-2-4-10(12)14/h2-7,17H,1H3,(H,15,16). The maximum absolute atomic E-state index is 13.5. The van der Waals surface area contributed by atoms with Gasteiger partial charge in [0.25, 0.3) is 10.0 Å². The normalized spacial score (nSPS) is 11.2. The summed E-state index contributed by atoms with van der Waals surface area (Å²) < 4.78 is 52.9. The van der Waals surface area contributed by atoms with Gasteiger partial charge in [-0.3, -0.25) is 4.72 Å². The highest BCUT2D eigenvalue weighted by Crippen LogP contribution is 2.22. The van der Waals surface area contributed by atoms with Crippen LogP contribution in [0.1, 0.15) is 0 Å². The molecule has 0 aliphatic carbocycles. The van der Waals surface area contributed by atoms with Crippen LogP contribution in [-0.4, -0.2) is 20.4 Å². The quantitative estimate of drug-likeness (QED) is 0.908. The molecule has 0 aliphatic rings. The third-order valence-electron chi connectivity index (χ3n) is 2.50. The summed E-state index contributed by atoms with van der Waals surface area (Å²) in [5.74, 6) is -1.66. The molecule has 5 nitrogen and oxygen atoms in total. The van der Waals surface area contributed by atoms with E-state index in [0.29, 0.717) is 5.82 Å². The van der Waals surface area contributed by atoms with Crippen LogP contribution in [0, 0.1) is 11.6 Å². The highest BCUT2D eigenvalue weighted by atomic mass is 32.2. The second-order valence-corrected chi connectivity index (χ2v) is 5.51. The monoisotopic (exact) mass is 299 g/mol. The molecule has 0 unspecified atom stereocenters. The third-order valence-corrected chi connectivity index (χ3v) is 3.84. The van der Waals surface area contributed by atoms with Gasteiger partial charge in [-0.25, -0.2) is 22.2 Å². The maximum atomic E-state index is 13.5. The van der Waals surface area contributed by atoms with Crippen molar-refractivity contribution in [2.75, 3.05) is 17.1 Å². The van der Waals surface area contributed by atoms with Crippen LogP contribution in [0.2, 0.25) is 0 Å². The predicted octanol–water partition coefficient (Wildman–Crippen LogP) is 2.20. The minimum atomic E-state index is -4.10. The second kappa shape index (κ2) is 5.41. The number of sulfonamides is 1. The zero-order valence-corrected chi connectivity index (χ0v) is 11.2. The molecule has 2 aromatic rings. The molecule has 1 heterocycles. The van der Waals surface area contributed by atoms with Crippen molar-refractivity contribution in [1.29, 1.82) is 0 Å². The lowest BCUT2D eigenvalue weighted by Crippen LogP contribution is -2.15. The van der Waals surface area contributed by atoms with E-state index in [4.69, 9.17) is 0 Å². The van der Waals surface area contributed by atoms with Crippen LogP contribution in [0.3, 0.4) is 0 Å². The number of pyridine rings is 1. The highest BCUT2D eigenvalue weighted by molar-refractivity contribution is 7.92. The summed E-state index contributed by atoms with van der Waals surface area (Å²) in [6.45, 7) is 0. The largest absolute Gasteiger partial charge is 0.373 e. The minimum Gasteiger partial charge on any atom is -0.373 e. The molecule has 0 saturated heterocycles. The van der Waals surface area contributed by atoms with Gasteiger partial charge in [0.15, 0.2) is 0 Å². The molecule has 0 amide bonds. The first-order valence-corrected chi connectivity index (χ1v) is 7.03. The smallest absolute Gasteiger partial charge is 0.262 e. The van der Waals surface area contributed by atoms with Crippen molar-refractivity contribution in [2.24, 2.45) is 0 Å². The average molecular weight is 299 g/mol. The van der Waals surface area contributed by atoms with E-state index in [1.165, 1.54) is 18.3 Å². The molecule has 0 radical (unpaired) electrons. The molecule has 0 bridgehead atoms. The van der Waals surface area contributed by atoms with E-state index in [0.717, 1.165) is 18.2 Å². The van der Waals surface area contributed by atoms with E-state index in [1.54, 1.807) is 7.05 Å². The average Bonchev–Trinajstić information content (AvgIpc) is 2.43. The van der Waals surface area contributed by atoms with Crippen molar-refractivity contribution in [3.8, 4) is 0 Å². The number of hydrogen-bond donors (Lipinski definition) is 2. The number of hydrogen-bond acceptors (Lipinski definition) is 4. The minimum absolute atomic E-state index is 0.153. The van der Waals surface area contributed by atoms with Crippen molar-refractivity contribution in [3.05, 3.63) is 48.2 Å². The number of nitrogens with one attached hydrogen (secondary N) is 2. The van der Waals surface area contributed by atoms with Gasteiger partial charge in [0.1, 0.15) is 23.1 Å². The summed E-state index contributed by atoms with van der Waals surface area (Å²) in [5.41, 5.74) is -0.713. The Bertz CT molecular complexity index is 715. The molecular formula is C12H11F2N3O2S. The number of halogens is 2. The van der Waals surface area contributed by atoms with Gasteiger partial charge in [0.2, 0.25) is 0 Å². The Balaban J connectivity index is 2.41. The van der Waals surface area contributed by atoms with Crippen LogP contribution in [-0.2, 0) is 10.0 Å². The molecule has 1 aromatic heterocycles. The predicted molar refractivity (Wildman–Crippen MR) is 71.0 cm³/mol. The Labute approximate surface area is 114 Å². The first-order chi connectivity index (χ1) is 9.44.